The zero-order valence-electron chi connectivity index (χ0n) is 6.41. The molecule has 5 heteroatoms. The third kappa shape index (κ3) is 1.85. The SMILES string of the molecule is C=CCNC(=O)c1cc(N)on1. The highest BCUT2D eigenvalue weighted by Gasteiger charge is 2.08. The largest absolute Gasteiger partial charge is 0.368 e. The van der Waals surface area contributed by atoms with E-state index in [1.807, 2.05) is 0 Å². The first kappa shape index (κ1) is 8.32. The van der Waals surface area contributed by atoms with Crippen molar-refractivity contribution in [3.05, 3.63) is 24.4 Å². The van der Waals surface area contributed by atoms with Crippen molar-refractivity contribution in [3.8, 4) is 0 Å². The second-order valence-corrected chi connectivity index (χ2v) is 2.11. The van der Waals surface area contributed by atoms with Crippen LogP contribution in [-0.2, 0) is 0 Å². The van der Waals surface area contributed by atoms with Crippen molar-refractivity contribution in [1.82, 2.24) is 10.5 Å². The number of rotatable bonds is 3. The van der Waals surface area contributed by atoms with Gasteiger partial charge in [0.2, 0.25) is 5.88 Å². The number of hydrogen-bond donors (Lipinski definition) is 2. The average molecular weight is 167 g/mol. The van der Waals surface area contributed by atoms with Crippen molar-refractivity contribution in [1.29, 1.82) is 0 Å². The number of anilines is 1. The number of nitrogen functional groups attached to an aromatic ring is 1. The van der Waals surface area contributed by atoms with Crippen LogP contribution < -0.4 is 11.1 Å². The van der Waals surface area contributed by atoms with E-state index >= 15 is 0 Å². The molecule has 1 rings (SSSR count). The standard InChI is InChI=1S/C7H9N3O2/c1-2-3-9-7(11)5-4-6(8)12-10-5/h2,4H,1,3,8H2,(H,9,11). The van der Waals surface area contributed by atoms with Gasteiger partial charge in [-0.3, -0.25) is 4.79 Å². The van der Waals surface area contributed by atoms with E-state index < -0.39 is 0 Å². The van der Waals surface area contributed by atoms with Crippen LogP contribution in [0.1, 0.15) is 10.5 Å². The van der Waals surface area contributed by atoms with E-state index in [2.05, 4.69) is 21.6 Å². The van der Waals surface area contributed by atoms with Gasteiger partial charge in [-0.2, -0.15) is 0 Å². The number of amides is 1. The van der Waals surface area contributed by atoms with Gasteiger partial charge in [0.05, 0.1) is 0 Å². The van der Waals surface area contributed by atoms with Gasteiger partial charge in [0.25, 0.3) is 5.91 Å². The monoisotopic (exact) mass is 167 g/mol. The first-order chi connectivity index (χ1) is 5.74. The number of nitrogens with two attached hydrogens (primary N) is 1. The first-order valence-corrected chi connectivity index (χ1v) is 3.35. The smallest absolute Gasteiger partial charge is 0.273 e. The third-order valence-corrected chi connectivity index (χ3v) is 1.17. The molecule has 64 valence electrons. The van der Waals surface area contributed by atoms with Gasteiger partial charge in [-0.1, -0.05) is 11.2 Å². The Morgan fingerprint density at radius 2 is 2.67 bits per heavy atom. The van der Waals surface area contributed by atoms with Crippen LogP contribution in [0.3, 0.4) is 0 Å². The summed E-state index contributed by atoms with van der Waals surface area (Å²) in [5, 5.41) is 5.95. The Balaban J connectivity index is 2.59. The Kier molecular flexibility index (Phi) is 2.47. The minimum absolute atomic E-state index is 0.124. The molecule has 5 nitrogen and oxygen atoms in total. The van der Waals surface area contributed by atoms with Crippen LogP contribution >= 0.6 is 0 Å². The molecule has 0 unspecified atom stereocenters. The summed E-state index contributed by atoms with van der Waals surface area (Å²) in [6, 6.07) is 1.36. The Morgan fingerprint density at radius 3 is 3.17 bits per heavy atom. The number of nitrogens with one attached hydrogen (secondary N) is 1. The van der Waals surface area contributed by atoms with Crippen molar-refractivity contribution >= 4 is 11.8 Å². The molecule has 0 aliphatic carbocycles. The van der Waals surface area contributed by atoms with Gasteiger partial charge < -0.3 is 15.6 Å². The summed E-state index contributed by atoms with van der Waals surface area (Å²) in [7, 11) is 0. The average Bonchev–Trinajstić information content (AvgIpc) is 2.47. The van der Waals surface area contributed by atoms with E-state index in [1.165, 1.54) is 6.07 Å². The molecule has 0 aliphatic rings. The fraction of sp³-hybridized carbons (Fsp3) is 0.143. The highest BCUT2D eigenvalue weighted by molar-refractivity contribution is 5.92. The summed E-state index contributed by atoms with van der Waals surface area (Å²) in [5.41, 5.74) is 5.39. The number of carbonyl (C=O) groups excluding carboxylic acids is 1. The third-order valence-electron chi connectivity index (χ3n) is 1.17. The van der Waals surface area contributed by atoms with Gasteiger partial charge in [0.1, 0.15) is 0 Å². The minimum Gasteiger partial charge on any atom is -0.368 e. The van der Waals surface area contributed by atoms with E-state index in [0.717, 1.165) is 0 Å². The second-order valence-electron chi connectivity index (χ2n) is 2.11. The van der Waals surface area contributed by atoms with Gasteiger partial charge in [-0.25, -0.2) is 0 Å². The molecule has 0 aliphatic heterocycles. The molecule has 0 atom stereocenters. The van der Waals surface area contributed by atoms with Gasteiger partial charge in [0, 0.05) is 12.6 Å². The van der Waals surface area contributed by atoms with Crippen molar-refractivity contribution in [2.75, 3.05) is 12.3 Å². The number of hydrogen-bond acceptors (Lipinski definition) is 4. The number of nitrogens with zero attached hydrogens (tertiary/aromatic N) is 1. The summed E-state index contributed by atoms with van der Waals surface area (Å²) in [6.07, 6.45) is 1.57. The molecule has 0 bridgehead atoms. The van der Waals surface area contributed by atoms with Gasteiger partial charge in [0.15, 0.2) is 5.69 Å². The summed E-state index contributed by atoms with van der Waals surface area (Å²) in [6.45, 7) is 3.84. The van der Waals surface area contributed by atoms with Gasteiger partial charge in [-0.05, 0) is 0 Å². The molecule has 0 spiro atoms. The van der Waals surface area contributed by atoms with Crippen molar-refractivity contribution in [2.24, 2.45) is 0 Å². The zero-order valence-corrected chi connectivity index (χ0v) is 6.41. The highest BCUT2D eigenvalue weighted by Crippen LogP contribution is 2.03. The van der Waals surface area contributed by atoms with Crippen LogP contribution in [0.2, 0.25) is 0 Å². The first-order valence-electron chi connectivity index (χ1n) is 3.35. The lowest BCUT2D eigenvalue weighted by Gasteiger charge is -1.95. The number of carbonyl (C=O) groups is 1. The molecule has 3 N–H and O–H groups in total. The van der Waals surface area contributed by atoms with E-state index in [9.17, 15) is 4.79 Å². The summed E-state index contributed by atoms with van der Waals surface area (Å²) < 4.78 is 4.51. The fourth-order valence-electron chi connectivity index (χ4n) is 0.652. The van der Waals surface area contributed by atoms with E-state index in [1.54, 1.807) is 6.08 Å². The molecule has 0 radical (unpaired) electrons. The maximum Gasteiger partial charge on any atom is 0.273 e. The van der Waals surface area contributed by atoms with E-state index in [0.29, 0.717) is 6.54 Å². The molecule has 1 amide bonds. The van der Waals surface area contributed by atoms with Gasteiger partial charge in [-0.15, -0.1) is 6.58 Å². The zero-order chi connectivity index (χ0) is 8.97. The molecule has 1 heterocycles. The van der Waals surface area contributed by atoms with Crippen LogP contribution in [0.25, 0.3) is 0 Å². The summed E-state index contributed by atoms with van der Waals surface area (Å²) >= 11 is 0. The Bertz CT molecular complexity index is 293. The van der Waals surface area contributed by atoms with Crippen LogP contribution in [0.4, 0.5) is 5.88 Å². The van der Waals surface area contributed by atoms with Crippen LogP contribution in [0.15, 0.2) is 23.2 Å². The van der Waals surface area contributed by atoms with E-state index in [4.69, 9.17) is 5.73 Å². The van der Waals surface area contributed by atoms with Gasteiger partial charge >= 0.3 is 0 Å². The fourth-order valence-corrected chi connectivity index (χ4v) is 0.652. The molecular formula is C7H9N3O2. The van der Waals surface area contributed by atoms with E-state index in [-0.39, 0.29) is 17.5 Å². The lowest BCUT2D eigenvalue weighted by molar-refractivity contribution is 0.0949. The summed E-state index contributed by atoms with van der Waals surface area (Å²) in [5.74, 6) is -0.200. The predicted octanol–water partition coefficient (Wildman–Crippen LogP) is 0.173. The molecule has 0 fully saturated rings. The van der Waals surface area contributed by atoms with Crippen molar-refractivity contribution in [3.63, 3.8) is 0 Å². The highest BCUT2D eigenvalue weighted by atomic mass is 16.5. The normalized spacial score (nSPS) is 9.33. The molecular weight excluding hydrogens is 158 g/mol. The molecule has 0 saturated heterocycles. The molecule has 0 saturated carbocycles. The quantitative estimate of drug-likeness (QED) is 0.629. The lowest BCUT2D eigenvalue weighted by Crippen LogP contribution is -2.23. The van der Waals surface area contributed by atoms with Crippen LogP contribution in [0.5, 0.6) is 0 Å². The molecule has 0 aromatic carbocycles. The maximum absolute atomic E-state index is 11.1. The van der Waals surface area contributed by atoms with Crippen LogP contribution in [0, 0.1) is 0 Å². The Hall–Kier alpha value is -1.78. The molecule has 1 aromatic rings. The Labute approximate surface area is 69.2 Å². The predicted molar refractivity (Wildman–Crippen MR) is 43.4 cm³/mol. The topological polar surface area (TPSA) is 81.2 Å². The lowest BCUT2D eigenvalue weighted by atomic mass is 10.4. The Morgan fingerprint density at radius 1 is 1.92 bits per heavy atom. The number of aromatic nitrogens is 1. The maximum atomic E-state index is 11.1. The van der Waals surface area contributed by atoms with Crippen LogP contribution in [-0.4, -0.2) is 17.6 Å². The second kappa shape index (κ2) is 3.56. The van der Waals surface area contributed by atoms with Crippen molar-refractivity contribution < 1.29 is 9.32 Å². The summed E-state index contributed by atoms with van der Waals surface area (Å²) in [4.78, 5) is 11.1. The van der Waals surface area contributed by atoms with Crippen molar-refractivity contribution in [2.45, 2.75) is 0 Å². The molecule has 12 heavy (non-hydrogen) atoms. The molecule has 1 aromatic heterocycles. The minimum atomic E-state index is -0.324.